The van der Waals surface area contributed by atoms with Crippen LogP contribution in [0.15, 0.2) is 72.4 Å². The highest BCUT2D eigenvalue weighted by Gasteiger charge is 2.49. The van der Waals surface area contributed by atoms with Crippen molar-refractivity contribution in [3.63, 3.8) is 0 Å². The predicted molar refractivity (Wildman–Crippen MR) is 151 cm³/mol. The first-order chi connectivity index (χ1) is 18.9. The Bertz CT molecular complexity index is 1430. The zero-order valence-electron chi connectivity index (χ0n) is 22.5. The third-order valence-corrected chi connectivity index (χ3v) is 8.16. The maximum Gasteiger partial charge on any atom is 0.270 e. The molecule has 1 aromatic heterocycles. The van der Waals surface area contributed by atoms with Crippen LogP contribution >= 0.6 is 0 Å². The molecule has 1 aliphatic carbocycles. The van der Waals surface area contributed by atoms with Gasteiger partial charge in [-0.25, -0.2) is 14.4 Å². The van der Waals surface area contributed by atoms with Gasteiger partial charge in [0.2, 0.25) is 0 Å². The molecule has 6 nitrogen and oxygen atoms in total. The second-order valence-corrected chi connectivity index (χ2v) is 11.3. The van der Waals surface area contributed by atoms with E-state index in [9.17, 15) is 9.18 Å². The van der Waals surface area contributed by atoms with Crippen LogP contribution in [-0.2, 0) is 0 Å². The number of rotatable bonds is 6. The molecule has 2 fully saturated rings. The standard InChI is InChI=1S/C32H34FN5O/c1-21(36-31(39)28-13-16-35-30(37-28)25-11-14-34-15-12-25)22-3-5-23(6-4-22)29(24-7-9-27(33)10-8-24)26-17-32(18-26)19-38(2)20-32/h3-11,13,16,21,34H,12,14-15,17-20H2,1-2H3,(H,36,39)/t21-/m1/s1. The molecule has 2 N–H and O–H groups in total. The molecule has 3 heterocycles. The Hall–Kier alpha value is -3.68. The summed E-state index contributed by atoms with van der Waals surface area (Å²) in [6, 6.07) is 16.7. The summed E-state index contributed by atoms with van der Waals surface area (Å²) < 4.78 is 13.7. The fourth-order valence-electron chi connectivity index (χ4n) is 6.30. The lowest BCUT2D eigenvalue weighted by Gasteiger charge is -2.56. The average molecular weight is 524 g/mol. The summed E-state index contributed by atoms with van der Waals surface area (Å²) in [4.78, 5) is 24.3. The lowest BCUT2D eigenvalue weighted by molar-refractivity contribution is -0.0106. The van der Waals surface area contributed by atoms with Gasteiger partial charge in [-0.1, -0.05) is 48.0 Å². The molecule has 3 aliphatic rings. The summed E-state index contributed by atoms with van der Waals surface area (Å²) in [5, 5.41) is 6.37. The first-order valence-electron chi connectivity index (χ1n) is 13.7. The number of hydrogen-bond donors (Lipinski definition) is 2. The van der Waals surface area contributed by atoms with Crippen LogP contribution in [0.4, 0.5) is 4.39 Å². The van der Waals surface area contributed by atoms with E-state index in [0.29, 0.717) is 16.9 Å². The first kappa shape index (κ1) is 25.6. The Balaban J connectivity index is 1.19. The number of carbonyl (C=O) groups excluding carboxylic acids is 1. The zero-order chi connectivity index (χ0) is 27.0. The van der Waals surface area contributed by atoms with Gasteiger partial charge >= 0.3 is 0 Å². The lowest BCUT2D eigenvalue weighted by Crippen LogP contribution is -2.58. The molecule has 6 rings (SSSR count). The summed E-state index contributed by atoms with van der Waals surface area (Å²) in [7, 11) is 2.17. The van der Waals surface area contributed by atoms with Crippen molar-refractivity contribution in [3.05, 3.63) is 106 Å². The average Bonchev–Trinajstić information content (AvgIpc) is 2.93. The Morgan fingerprint density at radius 2 is 1.74 bits per heavy atom. The molecule has 0 unspecified atom stereocenters. The van der Waals surface area contributed by atoms with Crippen molar-refractivity contribution < 1.29 is 9.18 Å². The molecule has 3 aromatic rings. The van der Waals surface area contributed by atoms with E-state index in [1.807, 2.05) is 19.1 Å². The molecule has 2 aromatic carbocycles. The number of nitrogens with one attached hydrogen (secondary N) is 2. The lowest BCUT2D eigenvalue weighted by atomic mass is 9.59. The highest BCUT2D eigenvalue weighted by molar-refractivity contribution is 5.92. The monoisotopic (exact) mass is 523 g/mol. The molecule has 200 valence electrons. The van der Waals surface area contributed by atoms with Crippen LogP contribution < -0.4 is 10.6 Å². The van der Waals surface area contributed by atoms with E-state index in [-0.39, 0.29) is 17.8 Å². The van der Waals surface area contributed by atoms with Crippen molar-refractivity contribution in [2.45, 2.75) is 32.2 Å². The Morgan fingerprint density at radius 3 is 2.38 bits per heavy atom. The molecule has 1 spiro atoms. The predicted octanol–water partition coefficient (Wildman–Crippen LogP) is 5.01. The second-order valence-electron chi connectivity index (χ2n) is 11.3. The van der Waals surface area contributed by atoms with Crippen LogP contribution in [0, 0.1) is 11.2 Å². The summed E-state index contributed by atoms with van der Waals surface area (Å²) in [6.07, 6.45) is 6.76. The number of allylic oxidation sites excluding steroid dienone is 1. The van der Waals surface area contributed by atoms with Crippen LogP contribution in [0.2, 0.25) is 0 Å². The molecular formula is C32H34FN5O. The molecular weight excluding hydrogens is 489 g/mol. The minimum Gasteiger partial charge on any atom is -0.344 e. The normalized spacial score (nSPS) is 19.1. The number of amides is 1. The van der Waals surface area contributed by atoms with Crippen molar-refractivity contribution in [1.29, 1.82) is 0 Å². The highest BCUT2D eigenvalue weighted by Crippen LogP contribution is 2.54. The topological polar surface area (TPSA) is 70.1 Å². The molecule has 39 heavy (non-hydrogen) atoms. The van der Waals surface area contributed by atoms with Crippen molar-refractivity contribution in [1.82, 2.24) is 25.5 Å². The van der Waals surface area contributed by atoms with Gasteiger partial charge in [-0.3, -0.25) is 4.79 Å². The molecule has 0 bridgehead atoms. The van der Waals surface area contributed by atoms with Crippen LogP contribution in [0.5, 0.6) is 0 Å². The number of nitrogens with zero attached hydrogens (tertiary/aromatic N) is 3. The third kappa shape index (κ3) is 5.29. The van der Waals surface area contributed by atoms with E-state index in [2.05, 4.69) is 62.9 Å². The smallest absolute Gasteiger partial charge is 0.270 e. The molecule has 1 amide bonds. The van der Waals surface area contributed by atoms with Gasteiger partial charge in [0.15, 0.2) is 5.82 Å². The van der Waals surface area contributed by atoms with E-state index in [4.69, 9.17) is 0 Å². The van der Waals surface area contributed by atoms with Crippen LogP contribution in [0.1, 0.15) is 65.2 Å². The van der Waals surface area contributed by atoms with E-state index in [1.165, 1.54) is 23.3 Å². The molecule has 7 heteroatoms. The third-order valence-electron chi connectivity index (χ3n) is 8.16. The maximum atomic E-state index is 13.7. The van der Waals surface area contributed by atoms with Gasteiger partial charge in [0.05, 0.1) is 6.04 Å². The number of hydrogen-bond acceptors (Lipinski definition) is 5. The van der Waals surface area contributed by atoms with Gasteiger partial charge in [-0.15, -0.1) is 0 Å². The summed E-state index contributed by atoms with van der Waals surface area (Å²) in [6.45, 7) is 5.95. The van der Waals surface area contributed by atoms with E-state index in [1.54, 1.807) is 12.3 Å². The summed E-state index contributed by atoms with van der Waals surface area (Å²) >= 11 is 0. The quantitative estimate of drug-likeness (QED) is 0.475. The molecule has 1 atom stereocenters. The van der Waals surface area contributed by atoms with Gasteiger partial charge in [0.1, 0.15) is 11.5 Å². The number of likely N-dealkylation sites (tertiary alicyclic amines) is 1. The minimum absolute atomic E-state index is 0.192. The van der Waals surface area contributed by atoms with Crippen molar-refractivity contribution in [3.8, 4) is 0 Å². The Labute approximate surface area is 229 Å². The van der Waals surface area contributed by atoms with Crippen molar-refractivity contribution in [2.75, 3.05) is 33.2 Å². The molecule has 1 saturated carbocycles. The van der Waals surface area contributed by atoms with E-state index >= 15 is 0 Å². The number of halogens is 1. The van der Waals surface area contributed by atoms with Crippen molar-refractivity contribution in [2.24, 2.45) is 5.41 Å². The van der Waals surface area contributed by atoms with Gasteiger partial charge in [-0.2, -0.15) is 0 Å². The fourth-order valence-corrected chi connectivity index (χ4v) is 6.30. The Kier molecular flexibility index (Phi) is 6.87. The van der Waals surface area contributed by atoms with Crippen molar-refractivity contribution >= 4 is 17.1 Å². The first-order valence-corrected chi connectivity index (χ1v) is 13.7. The largest absolute Gasteiger partial charge is 0.344 e. The van der Waals surface area contributed by atoms with Crippen LogP contribution in [0.3, 0.4) is 0 Å². The molecule has 0 radical (unpaired) electrons. The zero-order valence-corrected chi connectivity index (χ0v) is 22.5. The van der Waals surface area contributed by atoms with Crippen LogP contribution in [-0.4, -0.2) is 54.0 Å². The van der Waals surface area contributed by atoms with Gasteiger partial charge < -0.3 is 15.5 Å². The van der Waals surface area contributed by atoms with E-state index < -0.39 is 0 Å². The van der Waals surface area contributed by atoms with Crippen LogP contribution in [0.25, 0.3) is 11.1 Å². The fraction of sp³-hybridized carbons (Fsp3) is 0.344. The minimum atomic E-state index is -0.225. The molecule has 2 aliphatic heterocycles. The summed E-state index contributed by atoms with van der Waals surface area (Å²) in [5.74, 6) is 0.176. The number of aromatic nitrogens is 2. The Morgan fingerprint density at radius 1 is 1.05 bits per heavy atom. The number of carbonyl (C=O) groups is 1. The second kappa shape index (κ2) is 10.5. The van der Waals surface area contributed by atoms with Gasteiger partial charge in [-0.05, 0) is 85.8 Å². The van der Waals surface area contributed by atoms with Gasteiger partial charge in [0.25, 0.3) is 5.91 Å². The molecule has 1 saturated heterocycles. The number of benzene rings is 2. The maximum absolute atomic E-state index is 13.7. The van der Waals surface area contributed by atoms with Gasteiger partial charge in [0, 0.05) is 31.2 Å². The van der Waals surface area contributed by atoms with E-state index in [0.717, 1.165) is 67.7 Å². The SMILES string of the molecule is C[C@@H](NC(=O)c1ccnc(C2=CCNCC2)n1)c1ccc(C(=C2CC3(C2)CN(C)C3)c2ccc(F)cc2)cc1. The highest BCUT2D eigenvalue weighted by atomic mass is 19.1. The summed E-state index contributed by atoms with van der Waals surface area (Å²) in [5.41, 5.74) is 7.68.